The highest BCUT2D eigenvalue weighted by molar-refractivity contribution is 7.90. The second kappa shape index (κ2) is 17.3. The fourth-order valence-corrected chi connectivity index (χ4v) is 5.31. The number of unbranched alkanes of at least 4 members (excludes halogenated alkanes) is 4. The van der Waals surface area contributed by atoms with Crippen LogP contribution in [-0.4, -0.2) is 109 Å². The zero-order chi connectivity index (χ0) is 35.5. The van der Waals surface area contributed by atoms with E-state index < -0.39 is 39.7 Å². The van der Waals surface area contributed by atoms with Gasteiger partial charge in [0.25, 0.3) is 0 Å². The van der Waals surface area contributed by atoms with E-state index in [-0.39, 0.29) is 37.1 Å². The number of hydrogen-bond donors (Lipinski definition) is 4. The summed E-state index contributed by atoms with van der Waals surface area (Å²) in [5.74, 6) is -0.285. The highest BCUT2D eigenvalue weighted by Crippen LogP contribution is 2.26. The highest BCUT2D eigenvalue weighted by atomic mass is 32.2. The molecule has 0 bridgehead atoms. The predicted molar refractivity (Wildman–Crippen MR) is 182 cm³/mol. The monoisotopic (exact) mass is 696 g/mol. The van der Waals surface area contributed by atoms with Crippen molar-refractivity contribution in [3.8, 4) is 0 Å². The molecule has 268 valence electrons. The molecule has 2 aromatic heterocycles. The molecule has 16 nitrogen and oxygen atoms in total. The van der Waals surface area contributed by atoms with Gasteiger partial charge in [-0.25, -0.2) is 22.6 Å². The van der Waals surface area contributed by atoms with Gasteiger partial charge in [0.05, 0.1) is 38.0 Å². The van der Waals surface area contributed by atoms with E-state index in [0.717, 1.165) is 38.4 Å². The number of aryl methyl sites for hydroxylation is 1. The quantitative estimate of drug-likeness (QED) is 0.107. The number of nitrogens with one attached hydrogen (secondary N) is 3. The van der Waals surface area contributed by atoms with Crippen molar-refractivity contribution in [1.82, 2.24) is 30.2 Å². The number of anilines is 2. The zero-order valence-corrected chi connectivity index (χ0v) is 29.4. The van der Waals surface area contributed by atoms with Gasteiger partial charge in [-0.3, -0.25) is 9.79 Å². The Bertz CT molecular complexity index is 1570. The molecule has 1 saturated heterocycles. The Kier molecular flexibility index (Phi) is 13.7. The van der Waals surface area contributed by atoms with E-state index in [2.05, 4.69) is 35.9 Å². The van der Waals surface area contributed by atoms with Gasteiger partial charge in [-0.05, 0) is 33.6 Å². The molecular weight excluding hydrogens is 647 g/mol. The van der Waals surface area contributed by atoms with Crippen molar-refractivity contribution in [3.05, 3.63) is 17.9 Å². The number of ether oxygens (including phenoxy) is 2. The fraction of sp³-hybridized carbons (Fsp3) is 0.667. The van der Waals surface area contributed by atoms with Crippen LogP contribution in [0, 0.1) is 0 Å². The molecule has 0 spiro atoms. The van der Waals surface area contributed by atoms with E-state index in [0.29, 0.717) is 35.8 Å². The molecule has 0 saturated carbocycles. The lowest BCUT2D eigenvalue weighted by Gasteiger charge is -2.19. The maximum Gasteiger partial charge on any atom is 0.407 e. The van der Waals surface area contributed by atoms with E-state index in [1.807, 2.05) is 20.8 Å². The minimum Gasteiger partial charge on any atom is -0.481 e. The third kappa shape index (κ3) is 12.4. The lowest BCUT2D eigenvalue weighted by molar-refractivity contribution is -0.121. The molecule has 5 N–H and O–H groups in total. The van der Waals surface area contributed by atoms with Crippen molar-refractivity contribution >= 4 is 51.0 Å². The number of amides is 2. The number of aliphatic imine (C=N–C) groups is 1. The molecule has 0 aromatic carbocycles. The highest BCUT2D eigenvalue weighted by Gasteiger charge is 2.36. The number of allylic oxidation sites excluding steroid dienone is 1. The number of nitrogens with two attached hydrogens (primary N) is 1. The van der Waals surface area contributed by atoms with Crippen LogP contribution < -0.4 is 26.6 Å². The molecule has 2 atom stereocenters. The molecule has 2 amide bonds. The lowest BCUT2D eigenvalue weighted by atomic mass is 10.1. The average molecular weight is 697 g/mol. The van der Waals surface area contributed by atoms with Crippen LogP contribution in [0.2, 0.25) is 0 Å². The lowest BCUT2D eigenvalue weighted by Crippen LogP contribution is -2.42. The van der Waals surface area contributed by atoms with Crippen LogP contribution in [0.1, 0.15) is 59.3 Å². The first-order valence-electron chi connectivity index (χ1n) is 15.9. The summed E-state index contributed by atoms with van der Waals surface area (Å²) in [5.41, 5.74) is 6.89. The van der Waals surface area contributed by atoms with Gasteiger partial charge in [0.15, 0.2) is 17.0 Å². The number of sulfone groups is 1. The Morgan fingerprint density at radius 1 is 1.17 bits per heavy atom. The second-order valence-corrected chi connectivity index (χ2v) is 15.0. The van der Waals surface area contributed by atoms with Crippen LogP contribution in [0.5, 0.6) is 0 Å². The van der Waals surface area contributed by atoms with Crippen LogP contribution in [-0.2, 0) is 31.2 Å². The van der Waals surface area contributed by atoms with Gasteiger partial charge in [0.2, 0.25) is 17.7 Å². The van der Waals surface area contributed by atoms with Crippen molar-refractivity contribution in [2.24, 2.45) is 17.8 Å². The summed E-state index contributed by atoms with van der Waals surface area (Å²) < 4.78 is 50.0. The van der Waals surface area contributed by atoms with Crippen molar-refractivity contribution in [1.29, 1.82) is 0 Å². The molecule has 18 heteroatoms. The first kappa shape index (κ1) is 38.2. The smallest absolute Gasteiger partial charge is 0.407 e. The Hall–Kier alpha value is -4.22. The van der Waals surface area contributed by atoms with Gasteiger partial charge in [-0.1, -0.05) is 19.3 Å². The van der Waals surface area contributed by atoms with Crippen LogP contribution >= 0.6 is 0 Å². The molecule has 1 aliphatic rings. The number of halogens is 1. The molecular formula is C30H49FN10O6S. The van der Waals surface area contributed by atoms with Crippen LogP contribution in [0.25, 0.3) is 11.2 Å². The molecule has 48 heavy (non-hydrogen) atoms. The number of alkyl carbamates (subject to hydrolysis) is 1. The third-order valence-corrected chi connectivity index (χ3v) is 8.16. The fourth-order valence-electron chi connectivity index (χ4n) is 4.76. The summed E-state index contributed by atoms with van der Waals surface area (Å²) in [6, 6.07) is -0.861. The molecule has 1 fully saturated rings. The van der Waals surface area contributed by atoms with E-state index in [1.165, 1.54) is 7.11 Å². The average Bonchev–Trinajstić information content (AvgIpc) is 3.56. The van der Waals surface area contributed by atoms with Gasteiger partial charge in [-0.2, -0.15) is 9.97 Å². The molecule has 0 unspecified atom stereocenters. The SMILES string of the molecule is COC(N)=C(C=NCCCCCCCNC(=O)OC(C)(C)C)Nc1nc(N2C[C@@H](F)[C@H](NC(=O)CCS(C)(=O)=O)C2)nc2c1ncn2C. The van der Waals surface area contributed by atoms with Crippen LogP contribution in [0.15, 0.2) is 22.9 Å². The molecule has 1 aliphatic heterocycles. The van der Waals surface area contributed by atoms with E-state index in [9.17, 15) is 22.4 Å². The number of aromatic nitrogens is 4. The number of methoxy groups -OCH3 is 1. The normalized spacial score (nSPS) is 17.4. The Balaban J connectivity index is 1.59. The van der Waals surface area contributed by atoms with Gasteiger partial charge in [0.1, 0.15) is 27.3 Å². The minimum atomic E-state index is -3.33. The topological polar surface area (TPSA) is 208 Å². The summed E-state index contributed by atoms with van der Waals surface area (Å²) in [6.07, 6.45) is 6.74. The molecule has 0 aliphatic carbocycles. The van der Waals surface area contributed by atoms with Gasteiger partial charge >= 0.3 is 6.09 Å². The van der Waals surface area contributed by atoms with Gasteiger partial charge < -0.3 is 40.6 Å². The first-order chi connectivity index (χ1) is 22.6. The van der Waals surface area contributed by atoms with Crippen molar-refractivity contribution in [2.45, 2.75) is 77.1 Å². The largest absolute Gasteiger partial charge is 0.481 e. The number of hydrogen-bond acceptors (Lipinski definition) is 13. The number of fused-ring (bicyclic) bond motifs is 1. The predicted octanol–water partition coefficient (Wildman–Crippen LogP) is 2.17. The Labute approximate surface area is 281 Å². The van der Waals surface area contributed by atoms with Gasteiger partial charge in [0, 0.05) is 39.4 Å². The van der Waals surface area contributed by atoms with Crippen LogP contribution in [0.3, 0.4) is 0 Å². The third-order valence-electron chi connectivity index (χ3n) is 7.22. The van der Waals surface area contributed by atoms with Crippen molar-refractivity contribution in [3.63, 3.8) is 0 Å². The number of rotatable bonds is 17. The molecule has 3 rings (SSSR count). The molecule has 0 radical (unpaired) electrons. The summed E-state index contributed by atoms with van der Waals surface area (Å²) in [7, 11) is -0.132. The second-order valence-electron chi connectivity index (χ2n) is 12.7. The first-order valence-corrected chi connectivity index (χ1v) is 17.9. The minimum absolute atomic E-state index is 0.0716. The van der Waals surface area contributed by atoms with Gasteiger partial charge in [-0.15, -0.1) is 0 Å². The maximum absolute atomic E-state index is 15.0. The van der Waals surface area contributed by atoms with E-state index in [1.54, 1.807) is 29.1 Å². The number of nitrogens with zero attached hydrogens (tertiary/aromatic N) is 6. The summed E-state index contributed by atoms with van der Waals surface area (Å²) in [6.45, 7) is 6.60. The molecule has 3 heterocycles. The number of carbonyl (C=O) groups excluding carboxylic acids is 2. The summed E-state index contributed by atoms with van der Waals surface area (Å²) in [5, 5.41) is 8.50. The zero-order valence-electron chi connectivity index (χ0n) is 28.6. The Morgan fingerprint density at radius 2 is 1.88 bits per heavy atom. The van der Waals surface area contributed by atoms with Crippen molar-refractivity contribution in [2.75, 3.05) is 55.5 Å². The number of imidazole rings is 1. The van der Waals surface area contributed by atoms with Crippen LogP contribution in [0.4, 0.5) is 21.0 Å². The summed E-state index contributed by atoms with van der Waals surface area (Å²) >= 11 is 0. The number of alkyl halides is 1. The standard InChI is InChI=1S/C30H49FN10O6S/c1-30(2,3)47-29(43)34-14-11-9-7-8-10-13-33-16-21(25(32)46-5)37-26-24-27(40(4)19-35-24)39-28(38-26)41-17-20(31)22(18-41)36-23(42)12-15-48(6,44)45/h16,19-20,22H,7-15,17-18,32H2,1-6H3,(H,34,43)(H,36,42)(H,37,38,39)/t20-,22-/m1/s1. The molecule has 2 aromatic rings. The van der Waals surface area contributed by atoms with E-state index >= 15 is 0 Å². The number of carbonyl (C=O) groups is 2. The van der Waals surface area contributed by atoms with E-state index in [4.69, 9.17) is 15.2 Å². The Morgan fingerprint density at radius 3 is 2.56 bits per heavy atom. The van der Waals surface area contributed by atoms with Crippen molar-refractivity contribution < 1.29 is 31.9 Å². The summed E-state index contributed by atoms with van der Waals surface area (Å²) in [4.78, 5) is 43.7. The maximum atomic E-state index is 15.0.